The summed E-state index contributed by atoms with van der Waals surface area (Å²) in [5.41, 5.74) is 2.17. The van der Waals surface area contributed by atoms with Crippen LogP contribution in [0.4, 0.5) is 5.69 Å². The molecule has 0 unspecified atom stereocenters. The van der Waals surface area contributed by atoms with Gasteiger partial charge in [-0.05, 0) is 12.1 Å². The molecule has 0 atom stereocenters. The predicted octanol–water partition coefficient (Wildman–Crippen LogP) is 2.40. The second-order valence-electron chi connectivity index (χ2n) is 4.00. The third kappa shape index (κ3) is 2.33. The van der Waals surface area contributed by atoms with Gasteiger partial charge in [0.15, 0.2) is 11.5 Å². The summed E-state index contributed by atoms with van der Waals surface area (Å²) in [7, 11) is 1.68. The lowest BCUT2D eigenvalue weighted by Crippen LogP contribution is -2.25. The predicted molar refractivity (Wildman–Crippen MR) is 67.0 cm³/mol. The molecule has 0 saturated heterocycles. The van der Waals surface area contributed by atoms with Crippen molar-refractivity contribution in [3.8, 4) is 6.07 Å². The number of nitriles is 1. The standard InChI is InChI=1S/C13H13N3O2/c1-9-15-11-6-5-10(8-12(11)18-9)16(2)13(17)4-3-7-14/h5-6,8H,3-4H2,1-2H3. The van der Waals surface area contributed by atoms with E-state index in [2.05, 4.69) is 4.98 Å². The molecule has 1 amide bonds. The number of amides is 1. The van der Waals surface area contributed by atoms with E-state index in [1.165, 1.54) is 4.90 Å². The van der Waals surface area contributed by atoms with E-state index in [1.807, 2.05) is 18.2 Å². The van der Waals surface area contributed by atoms with Crippen LogP contribution in [0.15, 0.2) is 22.6 Å². The molecule has 5 heteroatoms. The Kier molecular flexibility index (Phi) is 3.28. The fourth-order valence-corrected chi connectivity index (χ4v) is 1.71. The first-order chi connectivity index (χ1) is 8.61. The molecule has 0 N–H and O–H groups in total. The molecule has 92 valence electrons. The largest absolute Gasteiger partial charge is 0.441 e. The molecule has 5 nitrogen and oxygen atoms in total. The summed E-state index contributed by atoms with van der Waals surface area (Å²) in [4.78, 5) is 17.5. The highest BCUT2D eigenvalue weighted by molar-refractivity contribution is 5.94. The number of anilines is 1. The number of rotatable bonds is 3. The lowest BCUT2D eigenvalue weighted by atomic mass is 10.2. The van der Waals surface area contributed by atoms with Crippen molar-refractivity contribution in [1.29, 1.82) is 5.26 Å². The number of hydrogen-bond donors (Lipinski definition) is 0. The maximum absolute atomic E-state index is 11.8. The normalized spacial score (nSPS) is 10.3. The van der Waals surface area contributed by atoms with E-state index in [9.17, 15) is 4.79 Å². The summed E-state index contributed by atoms with van der Waals surface area (Å²) >= 11 is 0. The lowest BCUT2D eigenvalue weighted by Gasteiger charge is -2.16. The first-order valence-corrected chi connectivity index (χ1v) is 5.62. The zero-order valence-electron chi connectivity index (χ0n) is 10.3. The van der Waals surface area contributed by atoms with Crippen LogP contribution < -0.4 is 4.90 Å². The summed E-state index contributed by atoms with van der Waals surface area (Å²) in [6, 6.07) is 7.37. The third-order valence-corrected chi connectivity index (χ3v) is 2.69. The minimum atomic E-state index is -0.0906. The average molecular weight is 243 g/mol. The number of hydrogen-bond acceptors (Lipinski definition) is 4. The maximum atomic E-state index is 11.8. The number of carbonyl (C=O) groups excluding carboxylic acids is 1. The molecule has 1 heterocycles. The second-order valence-corrected chi connectivity index (χ2v) is 4.00. The van der Waals surface area contributed by atoms with E-state index < -0.39 is 0 Å². The Labute approximate surface area is 105 Å². The summed E-state index contributed by atoms with van der Waals surface area (Å²) in [5, 5.41) is 8.47. The van der Waals surface area contributed by atoms with Crippen LogP contribution >= 0.6 is 0 Å². The first kappa shape index (κ1) is 12.1. The highest BCUT2D eigenvalue weighted by atomic mass is 16.3. The van der Waals surface area contributed by atoms with E-state index in [0.29, 0.717) is 11.5 Å². The molecule has 0 aliphatic heterocycles. The fraction of sp³-hybridized carbons (Fsp3) is 0.308. The van der Waals surface area contributed by atoms with E-state index in [0.717, 1.165) is 11.2 Å². The van der Waals surface area contributed by atoms with E-state index in [4.69, 9.17) is 9.68 Å². The quantitative estimate of drug-likeness (QED) is 0.829. The number of carbonyl (C=O) groups is 1. The van der Waals surface area contributed by atoms with Crippen LogP contribution in [-0.2, 0) is 4.79 Å². The Bertz CT molecular complexity index is 625. The van der Waals surface area contributed by atoms with Gasteiger partial charge < -0.3 is 9.32 Å². The number of oxazole rings is 1. The molecule has 0 bridgehead atoms. The van der Waals surface area contributed by atoms with Gasteiger partial charge in [0.05, 0.1) is 6.07 Å². The Morgan fingerprint density at radius 2 is 2.33 bits per heavy atom. The number of aromatic nitrogens is 1. The van der Waals surface area contributed by atoms with Gasteiger partial charge in [0.25, 0.3) is 0 Å². The van der Waals surface area contributed by atoms with Gasteiger partial charge in [-0.1, -0.05) is 0 Å². The second kappa shape index (κ2) is 4.88. The van der Waals surface area contributed by atoms with Crippen molar-refractivity contribution >= 4 is 22.7 Å². The molecule has 0 radical (unpaired) electrons. The van der Waals surface area contributed by atoms with Crippen LogP contribution in [0, 0.1) is 18.3 Å². The van der Waals surface area contributed by atoms with Crippen molar-refractivity contribution < 1.29 is 9.21 Å². The van der Waals surface area contributed by atoms with Gasteiger partial charge in [0, 0.05) is 38.6 Å². The van der Waals surface area contributed by atoms with Gasteiger partial charge in [-0.25, -0.2) is 4.98 Å². The van der Waals surface area contributed by atoms with Gasteiger partial charge in [0.2, 0.25) is 5.91 Å². The highest BCUT2D eigenvalue weighted by Gasteiger charge is 2.12. The van der Waals surface area contributed by atoms with Crippen molar-refractivity contribution in [2.24, 2.45) is 0 Å². The van der Waals surface area contributed by atoms with Gasteiger partial charge >= 0.3 is 0 Å². The minimum Gasteiger partial charge on any atom is -0.441 e. The van der Waals surface area contributed by atoms with Gasteiger partial charge in [-0.15, -0.1) is 0 Å². The molecule has 2 aromatic rings. The Hall–Kier alpha value is -2.35. The monoisotopic (exact) mass is 243 g/mol. The molecule has 0 saturated carbocycles. The number of nitrogens with zero attached hydrogens (tertiary/aromatic N) is 3. The Morgan fingerprint density at radius 1 is 1.56 bits per heavy atom. The van der Waals surface area contributed by atoms with Crippen molar-refractivity contribution in [1.82, 2.24) is 4.98 Å². The van der Waals surface area contributed by atoms with E-state index in [-0.39, 0.29) is 18.7 Å². The summed E-state index contributed by atoms with van der Waals surface area (Å²) < 4.78 is 5.42. The number of fused-ring (bicyclic) bond motifs is 1. The Balaban J connectivity index is 2.25. The zero-order chi connectivity index (χ0) is 13.1. The summed E-state index contributed by atoms with van der Waals surface area (Å²) in [5.74, 6) is 0.507. The van der Waals surface area contributed by atoms with E-state index in [1.54, 1.807) is 20.0 Å². The van der Waals surface area contributed by atoms with Crippen molar-refractivity contribution in [3.05, 3.63) is 24.1 Å². The van der Waals surface area contributed by atoms with Crippen LogP contribution in [0.5, 0.6) is 0 Å². The van der Waals surface area contributed by atoms with Crippen LogP contribution in [0.25, 0.3) is 11.1 Å². The van der Waals surface area contributed by atoms with Crippen LogP contribution in [0.2, 0.25) is 0 Å². The lowest BCUT2D eigenvalue weighted by molar-refractivity contribution is -0.118. The maximum Gasteiger partial charge on any atom is 0.227 e. The van der Waals surface area contributed by atoms with Crippen LogP contribution in [0.1, 0.15) is 18.7 Å². The zero-order valence-corrected chi connectivity index (χ0v) is 10.3. The Morgan fingerprint density at radius 3 is 3.06 bits per heavy atom. The molecule has 1 aromatic heterocycles. The van der Waals surface area contributed by atoms with Crippen LogP contribution in [-0.4, -0.2) is 17.9 Å². The molecular formula is C13H13N3O2. The highest BCUT2D eigenvalue weighted by Crippen LogP contribution is 2.22. The van der Waals surface area contributed by atoms with Gasteiger partial charge in [-0.3, -0.25) is 4.79 Å². The average Bonchev–Trinajstić information content (AvgIpc) is 2.73. The van der Waals surface area contributed by atoms with E-state index >= 15 is 0 Å². The van der Waals surface area contributed by atoms with Gasteiger partial charge in [-0.2, -0.15) is 5.26 Å². The smallest absolute Gasteiger partial charge is 0.227 e. The molecule has 2 rings (SSSR count). The molecular weight excluding hydrogens is 230 g/mol. The number of benzene rings is 1. The molecule has 0 spiro atoms. The van der Waals surface area contributed by atoms with Crippen molar-refractivity contribution in [2.75, 3.05) is 11.9 Å². The van der Waals surface area contributed by atoms with Gasteiger partial charge in [0.1, 0.15) is 5.52 Å². The topological polar surface area (TPSA) is 70.1 Å². The first-order valence-electron chi connectivity index (χ1n) is 5.62. The van der Waals surface area contributed by atoms with Crippen molar-refractivity contribution in [2.45, 2.75) is 19.8 Å². The third-order valence-electron chi connectivity index (χ3n) is 2.69. The SMILES string of the molecule is Cc1nc2ccc(N(C)C(=O)CCC#N)cc2o1. The van der Waals surface area contributed by atoms with Crippen LogP contribution in [0.3, 0.4) is 0 Å². The molecule has 1 aromatic carbocycles. The molecule has 0 fully saturated rings. The minimum absolute atomic E-state index is 0.0906. The molecule has 18 heavy (non-hydrogen) atoms. The van der Waals surface area contributed by atoms with Crippen molar-refractivity contribution in [3.63, 3.8) is 0 Å². The molecule has 0 aliphatic rings. The fourth-order valence-electron chi connectivity index (χ4n) is 1.71. The summed E-state index contributed by atoms with van der Waals surface area (Å²) in [6.45, 7) is 1.78. The molecule has 0 aliphatic carbocycles. The number of aryl methyl sites for hydroxylation is 1. The summed E-state index contributed by atoms with van der Waals surface area (Å²) in [6.07, 6.45) is 0.452.